The number of anilines is 1. The smallest absolute Gasteiger partial charge is 0.322 e. The van der Waals surface area contributed by atoms with E-state index in [1.165, 1.54) is 0 Å². The van der Waals surface area contributed by atoms with Crippen molar-refractivity contribution in [2.24, 2.45) is 0 Å². The fourth-order valence-corrected chi connectivity index (χ4v) is 3.16. The van der Waals surface area contributed by atoms with Gasteiger partial charge in [-0.3, -0.25) is 4.40 Å². The molecule has 1 aromatic carbocycles. The number of aromatic nitrogens is 5. The number of rotatable bonds is 3. The van der Waals surface area contributed by atoms with E-state index in [-0.39, 0.29) is 6.01 Å². The van der Waals surface area contributed by atoms with Gasteiger partial charge in [0.1, 0.15) is 11.4 Å². The Morgan fingerprint density at radius 1 is 0.815 bits per heavy atom. The number of nitrogen functional groups attached to an aromatic ring is 1. The third kappa shape index (κ3) is 2.53. The van der Waals surface area contributed by atoms with Crippen LogP contribution in [0, 0.1) is 0 Å². The molecule has 0 saturated carbocycles. The van der Waals surface area contributed by atoms with E-state index in [1.807, 2.05) is 59.0 Å². The normalized spacial score (nSPS) is 11.1. The van der Waals surface area contributed by atoms with E-state index in [9.17, 15) is 0 Å². The lowest BCUT2D eigenvalue weighted by atomic mass is 10.1. The first kappa shape index (κ1) is 15.3. The Balaban J connectivity index is 1.72. The van der Waals surface area contributed by atoms with Crippen molar-refractivity contribution in [3.8, 4) is 23.0 Å². The molecule has 0 aliphatic rings. The highest BCUT2D eigenvalue weighted by molar-refractivity contribution is 6.03. The Kier molecular flexibility index (Phi) is 3.43. The van der Waals surface area contributed by atoms with Crippen LogP contribution >= 0.6 is 0 Å². The van der Waals surface area contributed by atoms with Crippen molar-refractivity contribution < 1.29 is 4.74 Å². The third-order valence-corrected chi connectivity index (χ3v) is 4.28. The van der Waals surface area contributed by atoms with Gasteiger partial charge in [-0.05, 0) is 36.4 Å². The molecule has 7 heteroatoms. The van der Waals surface area contributed by atoms with Crippen molar-refractivity contribution in [1.82, 2.24) is 24.3 Å². The quantitative estimate of drug-likeness (QED) is 0.531. The lowest BCUT2D eigenvalue weighted by Crippen LogP contribution is -1.99. The summed E-state index contributed by atoms with van der Waals surface area (Å²) >= 11 is 0. The molecule has 130 valence electrons. The Hall–Kier alpha value is -4.00. The molecule has 0 fully saturated rings. The SMILES string of the molecule is Nc1nccc2c(-c3ccnc(Oc4ccccc4)n3)c3cccnc3n12. The van der Waals surface area contributed by atoms with Gasteiger partial charge in [-0.1, -0.05) is 18.2 Å². The number of ether oxygens (including phenoxy) is 1. The van der Waals surface area contributed by atoms with Crippen LogP contribution in [0.25, 0.3) is 27.8 Å². The zero-order valence-electron chi connectivity index (χ0n) is 14.1. The average Bonchev–Trinajstić information content (AvgIpc) is 3.04. The first-order chi connectivity index (χ1) is 13.3. The minimum atomic E-state index is 0.275. The summed E-state index contributed by atoms with van der Waals surface area (Å²) in [5.74, 6) is 1.05. The highest BCUT2D eigenvalue weighted by Gasteiger charge is 2.17. The van der Waals surface area contributed by atoms with Gasteiger partial charge in [-0.25, -0.2) is 15.0 Å². The van der Waals surface area contributed by atoms with Gasteiger partial charge >= 0.3 is 6.01 Å². The summed E-state index contributed by atoms with van der Waals surface area (Å²) in [5, 5.41) is 0.932. The number of nitrogens with two attached hydrogens (primary N) is 1. The third-order valence-electron chi connectivity index (χ3n) is 4.28. The Labute approximate surface area is 154 Å². The number of benzene rings is 1. The van der Waals surface area contributed by atoms with Crippen molar-refractivity contribution in [3.63, 3.8) is 0 Å². The molecule has 7 nitrogen and oxygen atoms in total. The predicted octanol–water partition coefficient (Wildman–Crippen LogP) is 3.71. The molecular formula is C20H14N6O. The van der Waals surface area contributed by atoms with Crippen LogP contribution in [0.1, 0.15) is 0 Å². The number of hydrogen-bond acceptors (Lipinski definition) is 6. The van der Waals surface area contributed by atoms with Gasteiger partial charge in [0.05, 0.1) is 11.2 Å². The zero-order chi connectivity index (χ0) is 18.2. The maximum absolute atomic E-state index is 6.10. The second-order valence-electron chi connectivity index (χ2n) is 5.91. The molecule has 27 heavy (non-hydrogen) atoms. The highest BCUT2D eigenvalue weighted by Crippen LogP contribution is 2.34. The molecule has 0 radical (unpaired) electrons. The van der Waals surface area contributed by atoms with Crippen LogP contribution in [0.4, 0.5) is 5.95 Å². The summed E-state index contributed by atoms with van der Waals surface area (Å²) in [7, 11) is 0. The monoisotopic (exact) mass is 354 g/mol. The zero-order valence-corrected chi connectivity index (χ0v) is 14.1. The van der Waals surface area contributed by atoms with E-state index in [0.717, 1.165) is 27.8 Å². The second-order valence-corrected chi connectivity index (χ2v) is 5.91. The molecule has 0 aliphatic heterocycles. The van der Waals surface area contributed by atoms with E-state index in [2.05, 4.69) is 19.9 Å². The van der Waals surface area contributed by atoms with Crippen LogP contribution in [0.15, 0.2) is 73.2 Å². The van der Waals surface area contributed by atoms with E-state index in [1.54, 1.807) is 18.6 Å². The maximum atomic E-state index is 6.10. The summed E-state index contributed by atoms with van der Waals surface area (Å²) in [5.41, 5.74) is 9.34. The Bertz CT molecular complexity index is 1270. The molecule has 0 spiro atoms. The van der Waals surface area contributed by atoms with Gasteiger partial charge < -0.3 is 10.5 Å². The second kappa shape index (κ2) is 6.06. The minimum Gasteiger partial charge on any atom is -0.424 e. The van der Waals surface area contributed by atoms with Crippen molar-refractivity contribution in [3.05, 3.63) is 73.2 Å². The highest BCUT2D eigenvalue weighted by atomic mass is 16.5. The van der Waals surface area contributed by atoms with Crippen LogP contribution in [0.2, 0.25) is 0 Å². The summed E-state index contributed by atoms with van der Waals surface area (Å²) in [4.78, 5) is 17.5. The van der Waals surface area contributed by atoms with Crippen molar-refractivity contribution >= 4 is 22.5 Å². The van der Waals surface area contributed by atoms with Gasteiger partial charge in [0.2, 0.25) is 5.95 Å². The summed E-state index contributed by atoms with van der Waals surface area (Å²) in [6.45, 7) is 0. The van der Waals surface area contributed by atoms with Crippen LogP contribution < -0.4 is 10.5 Å². The number of hydrogen-bond donors (Lipinski definition) is 1. The lowest BCUT2D eigenvalue weighted by molar-refractivity contribution is 0.442. The van der Waals surface area contributed by atoms with E-state index in [0.29, 0.717) is 11.7 Å². The Morgan fingerprint density at radius 2 is 1.67 bits per heavy atom. The molecule has 4 aromatic heterocycles. The predicted molar refractivity (Wildman–Crippen MR) is 102 cm³/mol. The van der Waals surface area contributed by atoms with Crippen molar-refractivity contribution in [1.29, 1.82) is 0 Å². The van der Waals surface area contributed by atoms with E-state index in [4.69, 9.17) is 10.5 Å². The van der Waals surface area contributed by atoms with Crippen molar-refractivity contribution in [2.75, 3.05) is 5.73 Å². The van der Waals surface area contributed by atoms with Gasteiger partial charge in [0, 0.05) is 29.5 Å². The van der Waals surface area contributed by atoms with Gasteiger partial charge in [-0.2, -0.15) is 4.98 Å². The molecular weight excluding hydrogens is 340 g/mol. The topological polar surface area (TPSA) is 91.2 Å². The number of nitrogens with zero attached hydrogens (tertiary/aromatic N) is 5. The molecule has 4 heterocycles. The van der Waals surface area contributed by atoms with E-state index < -0.39 is 0 Å². The molecule has 0 aliphatic carbocycles. The maximum Gasteiger partial charge on any atom is 0.322 e. The fraction of sp³-hybridized carbons (Fsp3) is 0. The summed E-state index contributed by atoms with van der Waals surface area (Å²) in [6.07, 6.45) is 5.08. The van der Waals surface area contributed by atoms with Gasteiger partial charge in [0.25, 0.3) is 0 Å². The average molecular weight is 354 g/mol. The molecule has 0 bridgehead atoms. The standard InChI is InChI=1S/C20H14N6O/c21-19-23-12-9-16-17(14-7-4-10-22-18(14)26(16)19)15-8-11-24-20(25-15)27-13-5-2-1-3-6-13/h1-12H,(H2,21,23). The van der Waals surface area contributed by atoms with Crippen LogP contribution in [0.5, 0.6) is 11.8 Å². The largest absolute Gasteiger partial charge is 0.424 e. The fourth-order valence-electron chi connectivity index (χ4n) is 3.16. The van der Waals surface area contributed by atoms with Gasteiger partial charge in [0.15, 0.2) is 0 Å². The molecule has 0 saturated heterocycles. The molecule has 5 aromatic rings. The molecule has 5 rings (SSSR count). The lowest BCUT2D eigenvalue weighted by Gasteiger charge is -2.06. The first-order valence-electron chi connectivity index (χ1n) is 8.37. The van der Waals surface area contributed by atoms with E-state index >= 15 is 0 Å². The molecule has 0 amide bonds. The Morgan fingerprint density at radius 3 is 2.56 bits per heavy atom. The number of pyridine rings is 1. The van der Waals surface area contributed by atoms with Gasteiger partial charge in [-0.15, -0.1) is 0 Å². The van der Waals surface area contributed by atoms with Crippen molar-refractivity contribution in [2.45, 2.75) is 0 Å². The number of para-hydroxylation sites is 1. The number of fused-ring (bicyclic) bond motifs is 3. The van der Waals surface area contributed by atoms with Crippen LogP contribution in [-0.2, 0) is 0 Å². The van der Waals surface area contributed by atoms with Crippen LogP contribution in [-0.4, -0.2) is 24.3 Å². The minimum absolute atomic E-state index is 0.275. The molecule has 0 unspecified atom stereocenters. The van der Waals surface area contributed by atoms with Crippen LogP contribution in [0.3, 0.4) is 0 Å². The molecule has 2 N–H and O–H groups in total. The molecule has 0 atom stereocenters. The summed E-state index contributed by atoms with van der Waals surface area (Å²) < 4.78 is 7.61. The first-order valence-corrected chi connectivity index (χ1v) is 8.37. The summed E-state index contributed by atoms with van der Waals surface area (Å²) in [6, 6.07) is 17.3.